The second-order valence-corrected chi connectivity index (χ2v) is 7.95. The second-order valence-electron chi connectivity index (χ2n) is 7.95. The first-order valence-corrected chi connectivity index (χ1v) is 10.8. The lowest BCUT2D eigenvalue weighted by atomic mass is 9.96. The number of aromatic nitrogens is 2. The second kappa shape index (κ2) is 9.14. The average Bonchev–Trinajstić information content (AvgIpc) is 3.41. The van der Waals surface area contributed by atoms with Gasteiger partial charge in [0, 0.05) is 31.5 Å². The van der Waals surface area contributed by atoms with E-state index in [9.17, 15) is 14.4 Å². The number of hydrogen-bond donors (Lipinski definition) is 3. The highest BCUT2D eigenvalue weighted by atomic mass is 16.5. The standard InChI is InChI=1S/C25H21N5O4/c31-23-19-12-26-13-20(18(19)7-9-27-23)24(32)29-22(14-28-25(33)21-8-10-34-30-21)17-6-5-15-3-1-2-4-16(15)11-17/h1-6,8,10-13,22H,7,9,14H2,(H,27,31)(H,28,33)(H,29,32). The van der Waals surface area contributed by atoms with E-state index in [1.54, 1.807) is 0 Å². The molecule has 0 radical (unpaired) electrons. The molecule has 5 rings (SSSR count). The minimum absolute atomic E-state index is 0.124. The summed E-state index contributed by atoms with van der Waals surface area (Å²) in [6, 6.07) is 14.7. The van der Waals surface area contributed by atoms with Crippen LogP contribution in [-0.4, -0.2) is 41.0 Å². The molecule has 1 aliphatic rings. The van der Waals surface area contributed by atoms with Crippen molar-refractivity contribution in [2.45, 2.75) is 12.5 Å². The highest BCUT2D eigenvalue weighted by Crippen LogP contribution is 2.22. The van der Waals surface area contributed by atoms with Crippen molar-refractivity contribution in [3.05, 3.63) is 95.1 Å². The minimum atomic E-state index is -0.541. The van der Waals surface area contributed by atoms with Gasteiger partial charge in [0.05, 0.1) is 17.2 Å². The van der Waals surface area contributed by atoms with Gasteiger partial charge in [-0.25, -0.2) is 0 Å². The summed E-state index contributed by atoms with van der Waals surface area (Å²) in [6.07, 6.45) is 4.80. The molecule has 9 nitrogen and oxygen atoms in total. The topological polar surface area (TPSA) is 126 Å². The molecule has 0 saturated carbocycles. The van der Waals surface area contributed by atoms with Crippen LogP contribution in [0.15, 0.2) is 71.7 Å². The van der Waals surface area contributed by atoms with Crippen molar-refractivity contribution in [2.24, 2.45) is 0 Å². The van der Waals surface area contributed by atoms with E-state index in [1.807, 2.05) is 42.5 Å². The van der Waals surface area contributed by atoms with Crippen LogP contribution in [0.4, 0.5) is 0 Å². The third-order valence-corrected chi connectivity index (χ3v) is 5.83. The Kier molecular flexibility index (Phi) is 5.73. The van der Waals surface area contributed by atoms with Crippen molar-refractivity contribution >= 4 is 28.5 Å². The van der Waals surface area contributed by atoms with Gasteiger partial charge in [-0.2, -0.15) is 0 Å². The smallest absolute Gasteiger partial charge is 0.273 e. The molecule has 0 aliphatic carbocycles. The Balaban J connectivity index is 1.44. The summed E-state index contributed by atoms with van der Waals surface area (Å²) in [5, 5.41) is 14.3. The van der Waals surface area contributed by atoms with Crippen molar-refractivity contribution in [2.75, 3.05) is 13.1 Å². The van der Waals surface area contributed by atoms with Gasteiger partial charge in [0.1, 0.15) is 6.26 Å². The van der Waals surface area contributed by atoms with Crippen LogP contribution < -0.4 is 16.0 Å². The fourth-order valence-electron chi connectivity index (χ4n) is 4.07. The molecule has 3 amide bonds. The fourth-order valence-corrected chi connectivity index (χ4v) is 4.07. The molecule has 9 heteroatoms. The average molecular weight is 455 g/mol. The Hall–Kier alpha value is -4.53. The van der Waals surface area contributed by atoms with Gasteiger partial charge in [-0.1, -0.05) is 41.6 Å². The molecule has 3 N–H and O–H groups in total. The number of carbonyl (C=O) groups is 3. The summed E-state index contributed by atoms with van der Waals surface area (Å²) in [5.74, 6) is -1.02. The molecule has 0 spiro atoms. The molecule has 1 unspecified atom stereocenters. The Morgan fingerprint density at radius 1 is 1.06 bits per heavy atom. The Labute approximate surface area is 194 Å². The first-order chi connectivity index (χ1) is 16.6. The van der Waals surface area contributed by atoms with Crippen LogP contribution in [-0.2, 0) is 6.42 Å². The van der Waals surface area contributed by atoms with Crippen LogP contribution in [0.25, 0.3) is 10.8 Å². The van der Waals surface area contributed by atoms with E-state index in [-0.39, 0.29) is 24.1 Å². The lowest BCUT2D eigenvalue weighted by Gasteiger charge is -2.23. The molecule has 3 heterocycles. The molecule has 34 heavy (non-hydrogen) atoms. The van der Waals surface area contributed by atoms with E-state index < -0.39 is 11.9 Å². The maximum absolute atomic E-state index is 13.3. The first kappa shape index (κ1) is 21.3. The van der Waals surface area contributed by atoms with E-state index in [4.69, 9.17) is 4.52 Å². The maximum Gasteiger partial charge on any atom is 0.273 e. The molecule has 0 fully saturated rings. The predicted octanol–water partition coefficient (Wildman–Crippen LogP) is 2.41. The number of pyridine rings is 1. The van der Waals surface area contributed by atoms with Gasteiger partial charge in [0.15, 0.2) is 5.69 Å². The number of hydrogen-bond acceptors (Lipinski definition) is 6. The minimum Gasteiger partial charge on any atom is -0.364 e. The highest BCUT2D eigenvalue weighted by molar-refractivity contribution is 6.02. The van der Waals surface area contributed by atoms with Crippen LogP contribution in [0.5, 0.6) is 0 Å². The van der Waals surface area contributed by atoms with E-state index in [1.165, 1.54) is 24.7 Å². The summed E-state index contributed by atoms with van der Waals surface area (Å²) in [7, 11) is 0. The first-order valence-electron chi connectivity index (χ1n) is 10.8. The number of fused-ring (bicyclic) bond motifs is 2. The Bertz CT molecular complexity index is 1380. The number of benzene rings is 2. The van der Waals surface area contributed by atoms with Gasteiger partial charge in [-0.3, -0.25) is 19.4 Å². The summed E-state index contributed by atoms with van der Waals surface area (Å²) in [6.45, 7) is 0.580. The van der Waals surface area contributed by atoms with E-state index in [2.05, 4.69) is 26.1 Å². The number of nitrogens with zero attached hydrogens (tertiary/aromatic N) is 2. The number of rotatable bonds is 6. The van der Waals surface area contributed by atoms with Crippen molar-refractivity contribution in [3.8, 4) is 0 Å². The lowest BCUT2D eigenvalue weighted by Crippen LogP contribution is -2.39. The van der Waals surface area contributed by atoms with Crippen molar-refractivity contribution in [1.29, 1.82) is 0 Å². The summed E-state index contributed by atoms with van der Waals surface area (Å²) in [5.41, 5.74) is 2.39. The predicted molar refractivity (Wildman–Crippen MR) is 123 cm³/mol. The summed E-state index contributed by atoms with van der Waals surface area (Å²) < 4.78 is 4.74. The fraction of sp³-hybridized carbons (Fsp3) is 0.160. The zero-order valence-corrected chi connectivity index (χ0v) is 18.1. The SMILES string of the molecule is O=C(NCC(NC(=O)c1cncc2c1CCNC2=O)c1ccc2ccccc2c1)c1ccon1. The monoisotopic (exact) mass is 455 g/mol. The van der Waals surface area contributed by atoms with Gasteiger partial charge < -0.3 is 20.5 Å². The normalized spacial score (nSPS) is 13.6. The van der Waals surface area contributed by atoms with Crippen LogP contribution in [0, 0.1) is 0 Å². The molecule has 1 aliphatic heterocycles. The molecular weight excluding hydrogens is 434 g/mol. The zero-order chi connectivity index (χ0) is 23.5. The largest absolute Gasteiger partial charge is 0.364 e. The van der Waals surface area contributed by atoms with Gasteiger partial charge in [-0.15, -0.1) is 0 Å². The molecular formula is C25H21N5O4. The number of carbonyl (C=O) groups excluding carboxylic acids is 3. The van der Waals surface area contributed by atoms with E-state index >= 15 is 0 Å². The summed E-state index contributed by atoms with van der Waals surface area (Å²) >= 11 is 0. The van der Waals surface area contributed by atoms with Crippen LogP contribution >= 0.6 is 0 Å². The van der Waals surface area contributed by atoms with Gasteiger partial charge in [0.2, 0.25) is 0 Å². The van der Waals surface area contributed by atoms with Crippen molar-refractivity contribution in [3.63, 3.8) is 0 Å². The maximum atomic E-state index is 13.3. The molecule has 2 aromatic carbocycles. The number of nitrogens with one attached hydrogen (secondary N) is 3. The molecule has 0 bridgehead atoms. The van der Waals surface area contributed by atoms with Crippen LogP contribution in [0.2, 0.25) is 0 Å². The molecule has 4 aromatic rings. The molecule has 0 saturated heterocycles. The Morgan fingerprint density at radius 2 is 1.91 bits per heavy atom. The highest BCUT2D eigenvalue weighted by Gasteiger charge is 2.25. The number of amides is 3. The molecule has 2 aromatic heterocycles. The molecule has 1 atom stereocenters. The molecule has 170 valence electrons. The third-order valence-electron chi connectivity index (χ3n) is 5.83. The van der Waals surface area contributed by atoms with Gasteiger partial charge in [0.25, 0.3) is 17.7 Å². The quantitative estimate of drug-likeness (QED) is 0.410. The summed E-state index contributed by atoms with van der Waals surface area (Å²) in [4.78, 5) is 42.0. The van der Waals surface area contributed by atoms with E-state index in [0.717, 1.165) is 16.3 Å². The Morgan fingerprint density at radius 3 is 2.74 bits per heavy atom. The van der Waals surface area contributed by atoms with Gasteiger partial charge >= 0.3 is 0 Å². The van der Waals surface area contributed by atoms with Crippen molar-refractivity contribution in [1.82, 2.24) is 26.1 Å². The van der Waals surface area contributed by atoms with Crippen molar-refractivity contribution < 1.29 is 18.9 Å². The van der Waals surface area contributed by atoms with E-state index in [0.29, 0.717) is 29.7 Å². The van der Waals surface area contributed by atoms with Crippen LogP contribution in [0.3, 0.4) is 0 Å². The van der Waals surface area contributed by atoms with Crippen LogP contribution in [0.1, 0.15) is 48.4 Å². The van der Waals surface area contributed by atoms with Gasteiger partial charge in [-0.05, 0) is 34.4 Å². The third kappa shape index (κ3) is 4.23. The zero-order valence-electron chi connectivity index (χ0n) is 18.1. The lowest BCUT2D eigenvalue weighted by molar-refractivity contribution is 0.0902.